The van der Waals surface area contributed by atoms with Crippen molar-refractivity contribution in [1.82, 2.24) is 0 Å². The number of nitro benzene ring substituents is 1. The molecule has 0 aromatic heterocycles. The smallest absolute Gasteiger partial charge is 0.302 e. The maximum absolute atomic E-state index is 10.9. The van der Waals surface area contributed by atoms with Crippen LogP contribution >= 0.6 is 11.6 Å². The maximum atomic E-state index is 10.9. The van der Waals surface area contributed by atoms with Gasteiger partial charge >= 0.3 is 5.97 Å². The summed E-state index contributed by atoms with van der Waals surface area (Å²) in [6.45, 7) is 1.69. The van der Waals surface area contributed by atoms with E-state index in [4.69, 9.17) is 21.1 Å². The van der Waals surface area contributed by atoms with E-state index in [9.17, 15) is 19.7 Å². The van der Waals surface area contributed by atoms with Crippen LogP contribution < -0.4 is 4.74 Å². The molecule has 1 rings (SSSR count). The van der Waals surface area contributed by atoms with E-state index in [2.05, 4.69) is 0 Å². The van der Waals surface area contributed by atoms with Gasteiger partial charge in [-0.25, -0.2) is 0 Å². The summed E-state index contributed by atoms with van der Waals surface area (Å²) in [5.41, 5.74) is -0.605. The Morgan fingerprint density at radius 3 is 2.70 bits per heavy atom. The van der Waals surface area contributed by atoms with Crippen LogP contribution in [0.2, 0.25) is 5.02 Å². The molecule has 1 aromatic rings. The van der Waals surface area contributed by atoms with Crippen LogP contribution in [0.5, 0.6) is 5.75 Å². The van der Waals surface area contributed by atoms with E-state index in [1.165, 1.54) is 13.0 Å². The summed E-state index contributed by atoms with van der Waals surface area (Å²) in [5, 5.41) is 10.6. The topological polar surface area (TPSA) is 95.7 Å². The van der Waals surface area contributed by atoms with Crippen molar-refractivity contribution >= 4 is 29.5 Å². The van der Waals surface area contributed by atoms with Gasteiger partial charge in [0.2, 0.25) is 0 Å². The van der Waals surface area contributed by atoms with Crippen LogP contribution in [0.4, 0.5) is 5.69 Å². The van der Waals surface area contributed by atoms with Gasteiger partial charge in [0, 0.05) is 19.4 Å². The predicted octanol–water partition coefficient (Wildman–Crippen LogP) is 2.39. The monoisotopic (exact) mass is 301 g/mol. The fraction of sp³-hybridized carbons (Fsp3) is 0.333. The quantitative estimate of drug-likeness (QED) is 0.252. The van der Waals surface area contributed by atoms with Gasteiger partial charge in [0.05, 0.1) is 18.1 Å². The average molecular weight is 302 g/mol. The van der Waals surface area contributed by atoms with Crippen molar-refractivity contribution in [3.05, 3.63) is 32.8 Å². The zero-order valence-corrected chi connectivity index (χ0v) is 11.4. The number of nitrogens with zero attached hydrogens (tertiary/aromatic N) is 1. The van der Waals surface area contributed by atoms with E-state index >= 15 is 0 Å². The SMILES string of the molecule is CC(=O)OCCCOc1ccc([N+](=O)[O-])c(C=O)c1Cl. The number of rotatable bonds is 7. The summed E-state index contributed by atoms with van der Waals surface area (Å²) in [7, 11) is 0. The number of halogens is 1. The molecule has 0 atom stereocenters. The summed E-state index contributed by atoms with van der Waals surface area (Å²) in [5.74, 6) is -0.219. The Morgan fingerprint density at radius 1 is 1.45 bits per heavy atom. The van der Waals surface area contributed by atoms with Crippen molar-refractivity contribution in [3.8, 4) is 5.75 Å². The van der Waals surface area contributed by atoms with Crippen LogP contribution in [0.25, 0.3) is 0 Å². The van der Waals surface area contributed by atoms with Crippen molar-refractivity contribution in [2.24, 2.45) is 0 Å². The number of carbonyl (C=O) groups excluding carboxylic acids is 2. The Morgan fingerprint density at radius 2 is 2.15 bits per heavy atom. The molecule has 0 amide bonds. The van der Waals surface area contributed by atoms with Crippen molar-refractivity contribution in [2.45, 2.75) is 13.3 Å². The van der Waals surface area contributed by atoms with Crippen molar-refractivity contribution in [2.75, 3.05) is 13.2 Å². The minimum Gasteiger partial charge on any atom is -0.492 e. The molecule has 7 nitrogen and oxygen atoms in total. The molecule has 0 heterocycles. The van der Waals surface area contributed by atoms with Crippen molar-refractivity contribution in [1.29, 1.82) is 0 Å². The number of aldehydes is 1. The largest absolute Gasteiger partial charge is 0.492 e. The van der Waals surface area contributed by atoms with Gasteiger partial charge in [-0.2, -0.15) is 0 Å². The molecule has 0 saturated heterocycles. The molecule has 0 aliphatic rings. The highest BCUT2D eigenvalue weighted by Crippen LogP contribution is 2.33. The van der Waals surface area contributed by atoms with Crippen LogP contribution in [-0.4, -0.2) is 30.4 Å². The van der Waals surface area contributed by atoms with Crippen LogP contribution in [0.1, 0.15) is 23.7 Å². The average Bonchev–Trinajstić information content (AvgIpc) is 2.39. The van der Waals surface area contributed by atoms with Gasteiger partial charge < -0.3 is 9.47 Å². The number of carbonyl (C=O) groups is 2. The summed E-state index contributed by atoms with van der Waals surface area (Å²) in [4.78, 5) is 31.4. The highest BCUT2D eigenvalue weighted by atomic mass is 35.5. The fourth-order valence-corrected chi connectivity index (χ4v) is 1.66. The van der Waals surface area contributed by atoms with E-state index in [1.54, 1.807) is 0 Å². The number of ether oxygens (including phenoxy) is 2. The third-order valence-electron chi connectivity index (χ3n) is 2.29. The Balaban J connectivity index is 2.70. The van der Waals surface area contributed by atoms with E-state index < -0.39 is 4.92 Å². The second-order valence-electron chi connectivity index (χ2n) is 3.73. The Bertz CT molecular complexity index is 531. The Labute approximate surface area is 119 Å². The van der Waals surface area contributed by atoms with Crippen molar-refractivity contribution < 1.29 is 24.0 Å². The molecule has 108 valence electrons. The molecule has 0 spiro atoms. The molecular weight excluding hydrogens is 290 g/mol. The molecule has 0 aliphatic carbocycles. The molecule has 0 saturated carbocycles. The Kier molecular flexibility index (Phi) is 5.92. The lowest BCUT2D eigenvalue weighted by Crippen LogP contribution is -2.06. The molecule has 0 bridgehead atoms. The van der Waals surface area contributed by atoms with E-state index in [0.29, 0.717) is 12.7 Å². The first-order valence-electron chi connectivity index (χ1n) is 5.65. The maximum Gasteiger partial charge on any atom is 0.302 e. The number of esters is 1. The molecule has 0 radical (unpaired) electrons. The van der Waals surface area contributed by atoms with Gasteiger partial charge in [0.1, 0.15) is 16.3 Å². The van der Waals surface area contributed by atoms with Crippen LogP contribution in [-0.2, 0) is 9.53 Å². The zero-order valence-electron chi connectivity index (χ0n) is 10.6. The van der Waals surface area contributed by atoms with Crippen LogP contribution in [0.3, 0.4) is 0 Å². The standard InChI is InChI=1S/C12H12ClNO6/c1-8(16)19-5-2-6-20-11-4-3-10(14(17)18)9(7-15)12(11)13/h3-4,7H,2,5-6H2,1H3. The molecule has 0 N–H and O–H groups in total. The highest BCUT2D eigenvalue weighted by molar-refractivity contribution is 6.34. The second-order valence-corrected chi connectivity index (χ2v) is 4.11. The molecule has 1 aromatic carbocycles. The molecule has 8 heteroatoms. The molecule has 0 fully saturated rings. The van der Waals surface area contributed by atoms with Gasteiger partial charge in [0.15, 0.2) is 6.29 Å². The van der Waals surface area contributed by atoms with E-state index in [1.807, 2.05) is 0 Å². The third kappa shape index (κ3) is 4.20. The number of hydrogen-bond acceptors (Lipinski definition) is 6. The second kappa shape index (κ2) is 7.44. The zero-order chi connectivity index (χ0) is 15.1. The predicted molar refractivity (Wildman–Crippen MR) is 70.2 cm³/mol. The summed E-state index contributed by atoms with van der Waals surface area (Å²) >= 11 is 5.88. The third-order valence-corrected chi connectivity index (χ3v) is 2.68. The Hall–Kier alpha value is -2.15. The van der Waals surface area contributed by atoms with Gasteiger partial charge in [-0.1, -0.05) is 11.6 Å². The molecule has 0 aliphatic heterocycles. The summed E-state index contributed by atoms with van der Waals surface area (Å²) < 4.78 is 10.00. The van der Waals surface area contributed by atoms with Crippen molar-refractivity contribution in [3.63, 3.8) is 0 Å². The summed E-state index contributed by atoms with van der Waals surface area (Å²) in [6, 6.07) is 2.47. The number of hydrogen-bond donors (Lipinski definition) is 0. The molecule has 20 heavy (non-hydrogen) atoms. The number of benzene rings is 1. The van der Waals surface area contributed by atoms with Gasteiger partial charge in [-0.15, -0.1) is 0 Å². The van der Waals surface area contributed by atoms with E-state index in [-0.39, 0.29) is 41.2 Å². The first-order valence-corrected chi connectivity index (χ1v) is 6.03. The van der Waals surface area contributed by atoms with Crippen LogP contribution in [0.15, 0.2) is 12.1 Å². The lowest BCUT2D eigenvalue weighted by atomic mass is 10.2. The summed E-state index contributed by atoms with van der Waals surface area (Å²) in [6.07, 6.45) is 0.746. The van der Waals surface area contributed by atoms with Gasteiger partial charge in [0.25, 0.3) is 5.69 Å². The molecular formula is C12H12ClNO6. The first kappa shape index (κ1) is 15.9. The highest BCUT2D eigenvalue weighted by Gasteiger charge is 2.19. The lowest BCUT2D eigenvalue weighted by Gasteiger charge is -2.09. The van der Waals surface area contributed by atoms with E-state index in [0.717, 1.165) is 6.07 Å². The van der Waals surface area contributed by atoms with Gasteiger partial charge in [-0.05, 0) is 6.07 Å². The normalized spacial score (nSPS) is 9.90. The number of nitro groups is 1. The fourth-order valence-electron chi connectivity index (χ4n) is 1.40. The first-order chi connectivity index (χ1) is 9.47. The van der Waals surface area contributed by atoms with Crippen LogP contribution in [0, 0.1) is 10.1 Å². The minimum absolute atomic E-state index is 0.110. The minimum atomic E-state index is -0.694. The lowest BCUT2D eigenvalue weighted by molar-refractivity contribution is -0.385. The molecule has 0 unspecified atom stereocenters. The van der Waals surface area contributed by atoms with Gasteiger partial charge in [-0.3, -0.25) is 19.7 Å².